The number of alkyl halides is 3. The Labute approximate surface area is 126 Å². The van der Waals surface area contributed by atoms with Crippen molar-refractivity contribution in [2.24, 2.45) is 0 Å². The normalized spacial score (nSPS) is 11.9. The van der Waals surface area contributed by atoms with E-state index in [1.165, 1.54) is 12.1 Å². The van der Waals surface area contributed by atoms with Gasteiger partial charge in [-0.25, -0.2) is 0 Å². The summed E-state index contributed by atoms with van der Waals surface area (Å²) in [6.45, 7) is -1.86. The van der Waals surface area contributed by atoms with Crippen LogP contribution in [0.2, 0.25) is 10.0 Å². The molecular weight excluding hydrogens is 334 g/mol. The lowest BCUT2D eigenvalue weighted by Crippen LogP contribution is -2.16. The molecule has 1 heterocycles. The van der Waals surface area contributed by atoms with Crippen LogP contribution in [0, 0.1) is 0 Å². The van der Waals surface area contributed by atoms with E-state index in [0.717, 1.165) is 0 Å². The standard InChI is InChI=1S/C11H8Cl2F3N3O2/c12-5-1-2-6(13)9(17)8(5)10-18-7(19-21-10)3-20-4-11(14,15)16/h1-2H,3-4,17H2. The van der Waals surface area contributed by atoms with Gasteiger partial charge < -0.3 is 15.0 Å². The molecule has 0 aliphatic rings. The van der Waals surface area contributed by atoms with Crippen molar-refractivity contribution >= 4 is 28.9 Å². The van der Waals surface area contributed by atoms with E-state index in [2.05, 4.69) is 14.9 Å². The summed E-state index contributed by atoms with van der Waals surface area (Å²) in [6, 6.07) is 2.98. The molecule has 10 heteroatoms. The van der Waals surface area contributed by atoms with Crippen molar-refractivity contribution < 1.29 is 22.4 Å². The number of aromatic nitrogens is 2. The van der Waals surface area contributed by atoms with Crippen LogP contribution in [0.5, 0.6) is 0 Å². The summed E-state index contributed by atoms with van der Waals surface area (Å²) in [5, 5.41) is 3.95. The molecule has 0 aliphatic carbocycles. The molecule has 0 unspecified atom stereocenters. The zero-order valence-corrected chi connectivity index (χ0v) is 11.8. The van der Waals surface area contributed by atoms with Gasteiger partial charge in [0.25, 0.3) is 5.89 Å². The summed E-state index contributed by atoms with van der Waals surface area (Å²) in [4.78, 5) is 3.87. The van der Waals surface area contributed by atoms with Gasteiger partial charge in [0.2, 0.25) is 0 Å². The molecular formula is C11H8Cl2F3N3O2. The molecule has 0 spiro atoms. The second kappa shape index (κ2) is 6.08. The summed E-state index contributed by atoms with van der Waals surface area (Å²) in [7, 11) is 0. The van der Waals surface area contributed by atoms with Gasteiger partial charge in [0.1, 0.15) is 13.2 Å². The number of ether oxygens (including phenoxy) is 1. The number of benzene rings is 1. The first-order chi connectivity index (χ1) is 9.78. The van der Waals surface area contributed by atoms with Crippen molar-refractivity contribution in [2.45, 2.75) is 12.8 Å². The number of rotatable bonds is 4. The zero-order valence-electron chi connectivity index (χ0n) is 10.2. The molecule has 21 heavy (non-hydrogen) atoms. The van der Waals surface area contributed by atoms with Crippen molar-refractivity contribution in [3.05, 3.63) is 28.0 Å². The van der Waals surface area contributed by atoms with E-state index in [0.29, 0.717) is 0 Å². The minimum atomic E-state index is -4.42. The Morgan fingerprint density at radius 1 is 1.24 bits per heavy atom. The van der Waals surface area contributed by atoms with Crippen molar-refractivity contribution in [2.75, 3.05) is 12.3 Å². The number of halogens is 5. The predicted molar refractivity (Wildman–Crippen MR) is 69.9 cm³/mol. The monoisotopic (exact) mass is 341 g/mol. The number of hydrogen-bond acceptors (Lipinski definition) is 5. The highest BCUT2D eigenvalue weighted by molar-refractivity contribution is 6.37. The van der Waals surface area contributed by atoms with Crippen molar-refractivity contribution in [1.29, 1.82) is 0 Å². The Morgan fingerprint density at radius 3 is 2.57 bits per heavy atom. The number of hydrogen-bond donors (Lipinski definition) is 1. The minimum Gasteiger partial charge on any atom is -0.397 e. The molecule has 2 aromatic rings. The molecule has 0 aliphatic heterocycles. The third-order valence-electron chi connectivity index (χ3n) is 2.32. The van der Waals surface area contributed by atoms with E-state index >= 15 is 0 Å². The van der Waals surface area contributed by atoms with Crippen LogP contribution < -0.4 is 5.73 Å². The smallest absolute Gasteiger partial charge is 0.397 e. The maximum atomic E-state index is 11.9. The molecule has 0 bridgehead atoms. The summed E-state index contributed by atoms with van der Waals surface area (Å²) >= 11 is 11.8. The Kier molecular flexibility index (Phi) is 4.60. The van der Waals surface area contributed by atoms with Crippen LogP contribution in [0.1, 0.15) is 5.82 Å². The first-order valence-corrected chi connectivity index (χ1v) is 6.24. The molecule has 0 fully saturated rings. The van der Waals surface area contributed by atoms with E-state index in [-0.39, 0.29) is 33.0 Å². The van der Waals surface area contributed by atoms with Crippen LogP contribution in [0.4, 0.5) is 18.9 Å². The summed E-state index contributed by atoms with van der Waals surface area (Å²) in [5.41, 5.74) is 6.11. The van der Waals surface area contributed by atoms with Gasteiger partial charge in [-0.2, -0.15) is 18.2 Å². The zero-order chi connectivity index (χ0) is 15.6. The summed E-state index contributed by atoms with van der Waals surface area (Å²) in [6.07, 6.45) is -4.42. The number of nitrogens with zero attached hydrogens (tertiary/aromatic N) is 2. The second-order valence-corrected chi connectivity index (χ2v) is 4.76. The first-order valence-electron chi connectivity index (χ1n) is 5.49. The maximum absolute atomic E-state index is 11.9. The van der Waals surface area contributed by atoms with Crippen LogP contribution >= 0.6 is 23.2 Å². The number of nitrogen functional groups attached to an aromatic ring is 1. The topological polar surface area (TPSA) is 74.2 Å². The van der Waals surface area contributed by atoms with E-state index in [1.807, 2.05) is 0 Å². The molecule has 114 valence electrons. The van der Waals surface area contributed by atoms with E-state index in [9.17, 15) is 13.2 Å². The van der Waals surface area contributed by atoms with Gasteiger partial charge >= 0.3 is 6.18 Å². The fourth-order valence-corrected chi connectivity index (χ4v) is 1.86. The lowest BCUT2D eigenvalue weighted by molar-refractivity contribution is -0.177. The largest absolute Gasteiger partial charge is 0.411 e. The first kappa shape index (κ1) is 15.9. The molecule has 1 aromatic carbocycles. The highest BCUT2D eigenvalue weighted by Gasteiger charge is 2.27. The van der Waals surface area contributed by atoms with Gasteiger partial charge in [-0.1, -0.05) is 28.4 Å². The summed E-state index contributed by atoms with van der Waals surface area (Å²) < 4.78 is 45.1. The molecule has 1 aromatic heterocycles. The Morgan fingerprint density at radius 2 is 1.90 bits per heavy atom. The predicted octanol–water partition coefficient (Wildman–Crippen LogP) is 3.70. The highest BCUT2D eigenvalue weighted by Crippen LogP contribution is 2.36. The van der Waals surface area contributed by atoms with Gasteiger partial charge in [0.15, 0.2) is 5.82 Å². The molecule has 0 atom stereocenters. The maximum Gasteiger partial charge on any atom is 0.411 e. The molecule has 0 saturated carbocycles. The van der Waals surface area contributed by atoms with Gasteiger partial charge in [0, 0.05) is 0 Å². The number of anilines is 1. The molecule has 2 N–H and O–H groups in total. The lowest BCUT2D eigenvalue weighted by Gasteiger charge is -2.05. The quantitative estimate of drug-likeness (QED) is 0.858. The highest BCUT2D eigenvalue weighted by atomic mass is 35.5. The molecule has 0 saturated heterocycles. The second-order valence-electron chi connectivity index (χ2n) is 3.94. The fourth-order valence-electron chi connectivity index (χ4n) is 1.46. The average molecular weight is 342 g/mol. The van der Waals surface area contributed by atoms with Gasteiger partial charge in [-0.15, -0.1) is 0 Å². The molecule has 5 nitrogen and oxygen atoms in total. The Balaban J connectivity index is 2.15. The Hall–Kier alpha value is -1.51. The summed E-state index contributed by atoms with van der Waals surface area (Å²) in [5.74, 6) is -0.115. The van der Waals surface area contributed by atoms with Crippen LogP contribution in [0.3, 0.4) is 0 Å². The van der Waals surface area contributed by atoms with E-state index in [4.69, 9.17) is 33.5 Å². The van der Waals surface area contributed by atoms with Crippen molar-refractivity contribution in [3.63, 3.8) is 0 Å². The van der Waals surface area contributed by atoms with Crippen molar-refractivity contribution in [1.82, 2.24) is 10.1 Å². The van der Waals surface area contributed by atoms with Gasteiger partial charge in [-0.3, -0.25) is 0 Å². The fraction of sp³-hybridized carbons (Fsp3) is 0.273. The molecule has 0 radical (unpaired) electrons. The van der Waals surface area contributed by atoms with Crippen LogP contribution in [-0.2, 0) is 11.3 Å². The van der Waals surface area contributed by atoms with E-state index < -0.39 is 19.4 Å². The van der Waals surface area contributed by atoms with Crippen LogP contribution in [0.25, 0.3) is 11.5 Å². The Bertz CT molecular complexity index is 646. The van der Waals surface area contributed by atoms with Crippen LogP contribution in [-0.4, -0.2) is 22.9 Å². The third-order valence-corrected chi connectivity index (χ3v) is 2.96. The SMILES string of the molecule is Nc1c(Cl)ccc(Cl)c1-c1nc(COCC(F)(F)F)no1. The third kappa shape index (κ3) is 3.99. The van der Waals surface area contributed by atoms with Gasteiger partial charge in [0.05, 0.1) is 21.3 Å². The van der Waals surface area contributed by atoms with E-state index in [1.54, 1.807) is 0 Å². The van der Waals surface area contributed by atoms with Crippen molar-refractivity contribution in [3.8, 4) is 11.5 Å². The number of nitrogens with two attached hydrogens (primary N) is 1. The molecule has 0 amide bonds. The minimum absolute atomic E-state index is 0.0504. The molecule has 2 rings (SSSR count). The average Bonchev–Trinajstić information content (AvgIpc) is 2.81. The van der Waals surface area contributed by atoms with Crippen LogP contribution in [0.15, 0.2) is 16.7 Å². The lowest BCUT2D eigenvalue weighted by atomic mass is 10.2. The van der Waals surface area contributed by atoms with Gasteiger partial charge in [-0.05, 0) is 12.1 Å².